The molecule has 25 heavy (non-hydrogen) atoms. The van der Waals surface area contributed by atoms with Crippen molar-refractivity contribution < 1.29 is 9.18 Å². The van der Waals surface area contributed by atoms with E-state index in [1.54, 1.807) is 6.07 Å². The van der Waals surface area contributed by atoms with Crippen LogP contribution in [0.5, 0.6) is 0 Å². The van der Waals surface area contributed by atoms with Crippen LogP contribution in [-0.4, -0.2) is 41.0 Å². The molecule has 2 unspecified atom stereocenters. The third kappa shape index (κ3) is 3.60. The molecule has 0 aliphatic carbocycles. The minimum absolute atomic E-state index is 0.113. The maximum absolute atomic E-state index is 13.4. The maximum Gasteiger partial charge on any atom is 0.228 e. The van der Waals surface area contributed by atoms with E-state index < -0.39 is 0 Å². The fourth-order valence-corrected chi connectivity index (χ4v) is 4.79. The molecule has 1 amide bonds. The lowest BCUT2D eigenvalue weighted by Gasteiger charge is -2.35. The van der Waals surface area contributed by atoms with Crippen LogP contribution in [0.15, 0.2) is 29.6 Å². The highest BCUT2D eigenvalue weighted by Gasteiger charge is 2.36. The molecular formula is C19H22FN3OS. The molecule has 0 spiro atoms. The van der Waals surface area contributed by atoms with Crippen LogP contribution in [0.3, 0.4) is 0 Å². The van der Waals surface area contributed by atoms with Crippen molar-refractivity contribution in [3.05, 3.63) is 41.2 Å². The number of fused-ring (bicyclic) bond motifs is 2. The van der Waals surface area contributed by atoms with E-state index in [1.807, 2.05) is 23.4 Å². The predicted octanol–water partition coefficient (Wildman–Crippen LogP) is 3.23. The lowest BCUT2D eigenvalue weighted by atomic mass is 9.98. The van der Waals surface area contributed by atoms with Gasteiger partial charge in [0.15, 0.2) is 0 Å². The van der Waals surface area contributed by atoms with E-state index in [0.29, 0.717) is 24.5 Å². The van der Waals surface area contributed by atoms with Crippen molar-refractivity contribution in [3.63, 3.8) is 0 Å². The molecule has 2 saturated heterocycles. The van der Waals surface area contributed by atoms with Gasteiger partial charge in [0.25, 0.3) is 0 Å². The molecule has 6 heteroatoms. The third-order valence-corrected chi connectivity index (χ3v) is 6.29. The number of halogens is 1. The normalized spacial score (nSPS) is 25.1. The minimum Gasteiger partial charge on any atom is -0.342 e. The standard InChI is InChI=1S/C19H22FN3OS/c1-23(17-8-14-5-6-15(9-17)21-14)18(24)10-16-11-25-19(22-16)12-3-2-4-13(20)7-12/h2-4,7,11,14-15,17,21H,5-6,8-10H2,1H3. The first-order valence-electron chi connectivity index (χ1n) is 8.80. The second-order valence-corrected chi connectivity index (χ2v) is 7.96. The summed E-state index contributed by atoms with van der Waals surface area (Å²) >= 11 is 1.45. The number of carbonyl (C=O) groups excluding carboxylic acids is 1. The summed E-state index contributed by atoms with van der Waals surface area (Å²) in [6.07, 6.45) is 4.86. The van der Waals surface area contributed by atoms with E-state index in [1.165, 1.54) is 36.3 Å². The van der Waals surface area contributed by atoms with Gasteiger partial charge in [-0.3, -0.25) is 4.79 Å². The number of hydrogen-bond donors (Lipinski definition) is 1. The van der Waals surface area contributed by atoms with Gasteiger partial charge >= 0.3 is 0 Å². The summed E-state index contributed by atoms with van der Waals surface area (Å²) in [5, 5.41) is 6.27. The number of rotatable bonds is 4. The Morgan fingerprint density at radius 3 is 2.84 bits per heavy atom. The number of hydrogen-bond acceptors (Lipinski definition) is 4. The molecule has 2 aromatic rings. The molecule has 132 valence electrons. The van der Waals surface area contributed by atoms with Crippen molar-refractivity contribution in [2.45, 2.75) is 50.2 Å². The van der Waals surface area contributed by atoms with Gasteiger partial charge in [0.05, 0.1) is 12.1 Å². The Kier molecular flexibility index (Phi) is 4.56. The third-order valence-electron chi connectivity index (χ3n) is 5.34. The molecule has 1 N–H and O–H groups in total. The number of aromatic nitrogens is 1. The molecule has 0 saturated carbocycles. The predicted molar refractivity (Wildman–Crippen MR) is 96.9 cm³/mol. The topological polar surface area (TPSA) is 45.2 Å². The van der Waals surface area contributed by atoms with Crippen molar-refractivity contribution in [3.8, 4) is 10.6 Å². The Labute approximate surface area is 151 Å². The summed E-state index contributed by atoms with van der Waals surface area (Å²) in [6.45, 7) is 0. The summed E-state index contributed by atoms with van der Waals surface area (Å²) in [7, 11) is 1.91. The second kappa shape index (κ2) is 6.84. The summed E-state index contributed by atoms with van der Waals surface area (Å²) in [5.41, 5.74) is 1.52. The van der Waals surface area contributed by atoms with E-state index in [9.17, 15) is 9.18 Å². The van der Waals surface area contributed by atoms with Gasteiger partial charge in [-0.05, 0) is 37.8 Å². The fourth-order valence-electron chi connectivity index (χ4n) is 3.97. The van der Waals surface area contributed by atoms with Gasteiger partial charge < -0.3 is 10.2 Å². The number of carbonyl (C=O) groups is 1. The SMILES string of the molecule is CN(C(=O)Cc1csc(-c2cccc(F)c2)n1)C1CC2CCC(C1)N2. The van der Waals surface area contributed by atoms with Crippen LogP contribution in [0.4, 0.5) is 4.39 Å². The molecule has 3 heterocycles. The van der Waals surface area contributed by atoms with Gasteiger partial charge in [0.2, 0.25) is 5.91 Å². The second-order valence-electron chi connectivity index (χ2n) is 7.10. The number of likely N-dealkylation sites (N-methyl/N-ethyl adjacent to an activating group) is 1. The minimum atomic E-state index is -0.273. The highest BCUT2D eigenvalue weighted by molar-refractivity contribution is 7.13. The van der Waals surface area contributed by atoms with Crippen LogP contribution >= 0.6 is 11.3 Å². The zero-order valence-corrected chi connectivity index (χ0v) is 15.1. The first kappa shape index (κ1) is 16.7. The lowest BCUT2D eigenvalue weighted by Crippen LogP contribution is -2.49. The molecule has 2 fully saturated rings. The largest absolute Gasteiger partial charge is 0.342 e. The maximum atomic E-state index is 13.4. The van der Waals surface area contributed by atoms with E-state index in [2.05, 4.69) is 10.3 Å². The number of piperidine rings is 1. The average molecular weight is 359 g/mol. The van der Waals surface area contributed by atoms with E-state index in [-0.39, 0.29) is 11.7 Å². The first-order valence-corrected chi connectivity index (χ1v) is 9.68. The molecule has 1 aromatic carbocycles. The van der Waals surface area contributed by atoms with Crippen molar-refractivity contribution in [2.75, 3.05) is 7.05 Å². The van der Waals surface area contributed by atoms with Crippen LogP contribution in [-0.2, 0) is 11.2 Å². The van der Waals surface area contributed by atoms with Crippen molar-refractivity contribution >= 4 is 17.2 Å². The molecule has 4 nitrogen and oxygen atoms in total. The smallest absolute Gasteiger partial charge is 0.228 e. The summed E-state index contributed by atoms with van der Waals surface area (Å²) in [4.78, 5) is 19.1. The number of nitrogens with one attached hydrogen (secondary N) is 1. The van der Waals surface area contributed by atoms with Crippen LogP contribution in [0, 0.1) is 5.82 Å². The van der Waals surface area contributed by atoms with Gasteiger partial charge in [-0.15, -0.1) is 11.3 Å². The van der Waals surface area contributed by atoms with Crippen molar-refractivity contribution in [2.24, 2.45) is 0 Å². The van der Waals surface area contributed by atoms with E-state index in [4.69, 9.17) is 0 Å². The first-order chi connectivity index (χ1) is 12.1. The summed E-state index contributed by atoms with van der Waals surface area (Å²) in [6, 6.07) is 7.87. The van der Waals surface area contributed by atoms with Gasteiger partial charge in [-0.25, -0.2) is 9.37 Å². The molecule has 0 radical (unpaired) electrons. The van der Waals surface area contributed by atoms with Gasteiger partial charge in [-0.2, -0.15) is 0 Å². The number of nitrogens with zero attached hydrogens (tertiary/aromatic N) is 2. The molecule has 2 atom stereocenters. The highest BCUT2D eigenvalue weighted by Crippen LogP contribution is 2.30. The highest BCUT2D eigenvalue weighted by atomic mass is 32.1. The number of thiazole rings is 1. The number of amides is 1. The van der Waals surface area contributed by atoms with E-state index >= 15 is 0 Å². The molecule has 4 rings (SSSR count). The van der Waals surface area contributed by atoms with Gasteiger partial charge in [0.1, 0.15) is 10.8 Å². The number of benzene rings is 1. The van der Waals surface area contributed by atoms with Crippen LogP contribution in [0.2, 0.25) is 0 Å². The van der Waals surface area contributed by atoms with Crippen LogP contribution < -0.4 is 5.32 Å². The average Bonchev–Trinajstić information content (AvgIpc) is 3.20. The molecule has 2 aliphatic rings. The van der Waals surface area contributed by atoms with Crippen LogP contribution in [0.25, 0.3) is 10.6 Å². The molecule has 1 aromatic heterocycles. The zero-order chi connectivity index (χ0) is 17.4. The zero-order valence-electron chi connectivity index (χ0n) is 14.2. The quantitative estimate of drug-likeness (QED) is 0.912. The van der Waals surface area contributed by atoms with Crippen molar-refractivity contribution in [1.82, 2.24) is 15.2 Å². The van der Waals surface area contributed by atoms with Crippen molar-refractivity contribution in [1.29, 1.82) is 0 Å². The Bertz CT molecular complexity index is 766. The summed E-state index contributed by atoms with van der Waals surface area (Å²) in [5.74, 6) is -0.159. The molecule has 2 bridgehead atoms. The molecular weight excluding hydrogens is 337 g/mol. The monoisotopic (exact) mass is 359 g/mol. The van der Waals surface area contributed by atoms with E-state index in [0.717, 1.165) is 29.1 Å². The Hall–Kier alpha value is -1.79. The van der Waals surface area contributed by atoms with Crippen LogP contribution in [0.1, 0.15) is 31.4 Å². The Morgan fingerprint density at radius 2 is 2.12 bits per heavy atom. The summed E-state index contributed by atoms with van der Waals surface area (Å²) < 4.78 is 13.4. The fraction of sp³-hybridized carbons (Fsp3) is 0.474. The van der Waals surface area contributed by atoms with Gasteiger partial charge in [0, 0.05) is 36.1 Å². The Balaban J connectivity index is 1.41. The lowest BCUT2D eigenvalue weighted by molar-refractivity contribution is -0.132. The molecule has 2 aliphatic heterocycles. The Morgan fingerprint density at radius 1 is 1.36 bits per heavy atom. The van der Waals surface area contributed by atoms with Gasteiger partial charge in [-0.1, -0.05) is 12.1 Å².